The fourth-order valence-corrected chi connectivity index (χ4v) is 5.16. The molecule has 2 rings (SSSR count). The van der Waals surface area contributed by atoms with Gasteiger partial charge in [0.2, 0.25) is 19.9 Å². The van der Waals surface area contributed by atoms with Crippen molar-refractivity contribution in [2.75, 3.05) is 30.7 Å². The van der Waals surface area contributed by atoms with Crippen LogP contribution in [0.4, 0.5) is 14.5 Å². The van der Waals surface area contributed by atoms with Crippen LogP contribution in [0.1, 0.15) is 13.8 Å². The van der Waals surface area contributed by atoms with Gasteiger partial charge in [0.1, 0.15) is 0 Å². The number of rotatable bonds is 7. The minimum Gasteiger partial charge on any atom is -0.383 e. The monoisotopic (exact) mass is 412 g/mol. The zero-order valence-corrected chi connectivity index (χ0v) is 16.1. The molecular formula is C15H22F2N2O5S2. The van der Waals surface area contributed by atoms with Crippen molar-refractivity contribution in [3.63, 3.8) is 0 Å². The van der Waals surface area contributed by atoms with Gasteiger partial charge in [0.15, 0.2) is 0 Å². The third kappa shape index (κ3) is 4.90. The summed E-state index contributed by atoms with van der Waals surface area (Å²) in [6.07, 6.45) is -0.447. The number of hydrogen-bond donors (Lipinski definition) is 1. The number of anilines is 1. The number of morpholine rings is 1. The third-order valence-corrected chi connectivity index (χ3v) is 7.13. The molecule has 0 saturated carbocycles. The van der Waals surface area contributed by atoms with Gasteiger partial charge in [-0.1, -0.05) is 12.1 Å². The lowest BCUT2D eigenvalue weighted by Crippen LogP contribution is -2.49. The van der Waals surface area contributed by atoms with E-state index in [2.05, 4.69) is 5.32 Å². The third-order valence-electron chi connectivity index (χ3n) is 3.88. The highest BCUT2D eigenvalue weighted by atomic mass is 32.2. The highest BCUT2D eigenvalue weighted by Crippen LogP contribution is 2.26. The zero-order valence-electron chi connectivity index (χ0n) is 14.4. The maximum atomic E-state index is 12.8. The molecule has 7 nitrogen and oxygen atoms in total. The van der Waals surface area contributed by atoms with E-state index in [1.54, 1.807) is 13.8 Å². The van der Waals surface area contributed by atoms with E-state index >= 15 is 0 Å². The number of ether oxygens (including phenoxy) is 1. The van der Waals surface area contributed by atoms with E-state index in [0.717, 1.165) is 6.07 Å². The fraction of sp³-hybridized carbons (Fsp3) is 0.600. The van der Waals surface area contributed by atoms with Crippen LogP contribution >= 0.6 is 0 Å². The highest BCUT2D eigenvalue weighted by Gasteiger charge is 2.31. The van der Waals surface area contributed by atoms with Gasteiger partial charge >= 0.3 is 5.76 Å². The van der Waals surface area contributed by atoms with Crippen molar-refractivity contribution < 1.29 is 30.4 Å². The molecule has 1 fully saturated rings. The van der Waals surface area contributed by atoms with E-state index in [1.165, 1.54) is 22.5 Å². The summed E-state index contributed by atoms with van der Waals surface area (Å²) in [5.74, 6) is -3.85. The lowest BCUT2D eigenvalue weighted by molar-refractivity contribution is -0.0440. The number of sulfonamides is 1. The zero-order chi connectivity index (χ0) is 19.5. The van der Waals surface area contributed by atoms with Gasteiger partial charge in [-0.05, 0) is 26.0 Å². The molecule has 148 valence electrons. The summed E-state index contributed by atoms with van der Waals surface area (Å²) in [5, 5.41) is 2.64. The second-order valence-electron chi connectivity index (χ2n) is 6.12. The summed E-state index contributed by atoms with van der Waals surface area (Å²) < 4.78 is 80.7. The number of hydrogen-bond acceptors (Lipinski definition) is 6. The molecule has 0 amide bonds. The summed E-state index contributed by atoms with van der Waals surface area (Å²) in [4.78, 5) is -0.555. The molecule has 2 atom stereocenters. The van der Waals surface area contributed by atoms with Crippen molar-refractivity contribution in [3.8, 4) is 0 Å². The van der Waals surface area contributed by atoms with Crippen LogP contribution in [0.5, 0.6) is 0 Å². The van der Waals surface area contributed by atoms with Gasteiger partial charge in [0.05, 0.1) is 28.5 Å². The Morgan fingerprint density at radius 3 is 2.31 bits per heavy atom. The lowest BCUT2D eigenvalue weighted by Gasteiger charge is -2.34. The van der Waals surface area contributed by atoms with Crippen LogP contribution in [0, 0.1) is 0 Å². The predicted molar refractivity (Wildman–Crippen MR) is 93.5 cm³/mol. The average Bonchev–Trinajstić information content (AvgIpc) is 2.54. The van der Waals surface area contributed by atoms with Crippen molar-refractivity contribution in [1.29, 1.82) is 0 Å². The van der Waals surface area contributed by atoms with E-state index in [9.17, 15) is 25.6 Å². The maximum Gasteiger partial charge on any atom is 0.341 e. The normalized spacial score (nSPS) is 22.5. The first-order chi connectivity index (χ1) is 12.0. The molecule has 0 aromatic heterocycles. The van der Waals surface area contributed by atoms with Crippen molar-refractivity contribution >= 4 is 25.5 Å². The number of benzene rings is 1. The SMILES string of the molecule is CC1CN(S(=O)(=O)CCNc2ccccc2S(=O)(=O)C(F)F)CC(C)O1. The first-order valence-corrected chi connectivity index (χ1v) is 11.2. The van der Waals surface area contributed by atoms with Crippen molar-refractivity contribution in [2.45, 2.75) is 36.7 Å². The number of nitrogens with zero attached hydrogens (tertiary/aromatic N) is 1. The van der Waals surface area contributed by atoms with E-state index in [0.29, 0.717) is 0 Å². The highest BCUT2D eigenvalue weighted by molar-refractivity contribution is 7.91. The fourth-order valence-electron chi connectivity index (χ4n) is 2.76. The van der Waals surface area contributed by atoms with E-state index in [4.69, 9.17) is 4.74 Å². The van der Waals surface area contributed by atoms with E-state index in [-0.39, 0.29) is 43.3 Å². The second-order valence-corrected chi connectivity index (χ2v) is 10.1. The van der Waals surface area contributed by atoms with Gasteiger partial charge < -0.3 is 10.1 Å². The van der Waals surface area contributed by atoms with Gasteiger partial charge in [0.25, 0.3) is 0 Å². The van der Waals surface area contributed by atoms with Gasteiger partial charge in [-0.2, -0.15) is 13.1 Å². The van der Waals surface area contributed by atoms with Crippen LogP contribution in [0.25, 0.3) is 0 Å². The maximum absolute atomic E-state index is 12.8. The Hall–Kier alpha value is -1.30. The van der Waals surface area contributed by atoms with E-state index < -0.39 is 30.5 Å². The Morgan fingerprint density at radius 1 is 1.15 bits per heavy atom. The minimum absolute atomic E-state index is 0.0493. The number of alkyl halides is 2. The smallest absolute Gasteiger partial charge is 0.341 e. The summed E-state index contributed by atoms with van der Waals surface area (Å²) in [6.45, 7) is 3.92. The molecule has 1 N–H and O–H groups in total. The topological polar surface area (TPSA) is 92.8 Å². The minimum atomic E-state index is -4.78. The van der Waals surface area contributed by atoms with Crippen LogP contribution in [0.2, 0.25) is 0 Å². The average molecular weight is 412 g/mol. The van der Waals surface area contributed by atoms with Crippen molar-refractivity contribution in [1.82, 2.24) is 4.31 Å². The Labute approximate surface area is 152 Å². The molecule has 0 spiro atoms. The first-order valence-electron chi connectivity index (χ1n) is 8.02. The summed E-state index contributed by atoms with van der Waals surface area (Å²) in [5.41, 5.74) is -0.0493. The standard InChI is InChI=1S/C15H22F2N2O5S2/c1-11-9-19(10-12(2)24-11)25(20,21)8-7-18-13-5-3-4-6-14(13)26(22,23)15(16)17/h3-6,11-12,15,18H,7-10H2,1-2H3. The van der Waals surface area contributed by atoms with Crippen LogP contribution in [0.3, 0.4) is 0 Å². The molecule has 1 aliphatic rings. The molecule has 2 unspecified atom stereocenters. The Balaban J connectivity index is 2.06. The largest absolute Gasteiger partial charge is 0.383 e. The molecule has 0 radical (unpaired) electrons. The van der Waals surface area contributed by atoms with Crippen LogP contribution < -0.4 is 5.32 Å². The molecule has 1 heterocycles. The number of para-hydroxylation sites is 1. The Kier molecular flexibility index (Phi) is 6.59. The molecule has 1 aromatic carbocycles. The number of nitrogens with one attached hydrogen (secondary N) is 1. The van der Waals surface area contributed by atoms with Crippen molar-refractivity contribution in [3.05, 3.63) is 24.3 Å². The molecule has 1 aliphatic heterocycles. The van der Waals surface area contributed by atoms with E-state index in [1.807, 2.05) is 0 Å². The predicted octanol–water partition coefficient (Wildman–Crippen LogP) is 1.53. The van der Waals surface area contributed by atoms with Crippen LogP contribution in [-0.4, -0.2) is 64.5 Å². The summed E-state index contributed by atoms with van der Waals surface area (Å²) in [7, 11) is -8.37. The molecule has 26 heavy (non-hydrogen) atoms. The van der Waals surface area contributed by atoms with Crippen LogP contribution in [0.15, 0.2) is 29.2 Å². The van der Waals surface area contributed by atoms with Gasteiger partial charge in [-0.25, -0.2) is 16.8 Å². The Morgan fingerprint density at radius 2 is 1.73 bits per heavy atom. The summed E-state index contributed by atoms with van der Waals surface area (Å²) >= 11 is 0. The second kappa shape index (κ2) is 8.15. The molecule has 0 bridgehead atoms. The molecule has 1 aromatic rings. The molecule has 0 aliphatic carbocycles. The number of halogens is 2. The lowest BCUT2D eigenvalue weighted by atomic mass is 10.3. The quantitative estimate of drug-likeness (QED) is 0.730. The summed E-state index contributed by atoms with van der Waals surface area (Å²) in [6, 6.07) is 5.19. The molecule has 1 saturated heterocycles. The van der Waals surface area contributed by atoms with Gasteiger partial charge in [-0.3, -0.25) is 0 Å². The van der Waals surface area contributed by atoms with Gasteiger partial charge in [0, 0.05) is 19.6 Å². The Bertz CT molecular complexity index is 820. The van der Waals surface area contributed by atoms with Crippen molar-refractivity contribution in [2.24, 2.45) is 0 Å². The van der Waals surface area contributed by atoms with Gasteiger partial charge in [-0.15, -0.1) is 0 Å². The molecular weight excluding hydrogens is 390 g/mol. The first kappa shape index (κ1) is 21.0. The van der Waals surface area contributed by atoms with Crippen LogP contribution in [-0.2, 0) is 24.6 Å². The molecule has 11 heteroatoms. The number of sulfone groups is 1.